The molecule has 0 radical (unpaired) electrons. The first-order valence-electron chi connectivity index (χ1n) is 10.6. The molecule has 0 aromatic heterocycles. The van der Waals surface area contributed by atoms with Crippen molar-refractivity contribution in [3.63, 3.8) is 0 Å². The van der Waals surface area contributed by atoms with E-state index in [-0.39, 0.29) is 43.5 Å². The molecule has 7 N–H and O–H groups in total. The van der Waals surface area contributed by atoms with Gasteiger partial charge in [0.15, 0.2) is 5.96 Å². The average molecular weight is 451 g/mol. The Morgan fingerprint density at radius 1 is 1.00 bits per heavy atom. The van der Waals surface area contributed by atoms with Crippen molar-refractivity contribution < 1.29 is 29.1 Å². The molecule has 3 heterocycles. The van der Waals surface area contributed by atoms with Crippen molar-refractivity contribution in [3.05, 3.63) is 0 Å². The van der Waals surface area contributed by atoms with Gasteiger partial charge in [-0.1, -0.05) is 0 Å². The Labute approximate surface area is 184 Å². The van der Waals surface area contributed by atoms with Gasteiger partial charge < -0.3 is 37.0 Å². The highest BCUT2D eigenvalue weighted by atomic mass is 16.4. The number of amides is 4. The fraction of sp³-hybridized carbons (Fsp3) is 0.684. The fourth-order valence-electron chi connectivity index (χ4n) is 4.80. The Kier molecular flexibility index (Phi) is 7.15. The van der Waals surface area contributed by atoms with Crippen molar-refractivity contribution >= 4 is 35.6 Å². The molecule has 4 rings (SSSR count). The van der Waals surface area contributed by atoms with Crippen LogP contribution in [0.3, 0.4) is 0 Å². The van der Waals surface area contributed by atoms with Crippen molar-refractivity contribution in [1.82, 2.24) is 20.4 Å². The zero-order valence-corrected chi connectivity index (χ0v) is 17.7. The highest BCUT2D eigenvalue weighted by Crippen LogP contribution is 2.43. The van der Waals surface area contributed by atoms with Crippen LogP contribution in [0.1, 0.15) is 32.1 Å². The molecule has 1 aliphatic carbocycles. The van der Waals surface area contributed by atoms with E-state index in [0.29, 0.717) is 0 Å². The number of aliphatic imine (C=N–C) groups is 1. The summed E-state index contributed by atoms with van der Waals surface area (Å²) in [7, 11) is 0. The number of carbonyl (C=O) groups excluding carboxylic acids is 4. The molecule has 3 saturated heterocycles. The van der Waals surface area contributed by atoms with Gasteiger partial charge in [0.25, 0.3) is 0 Å². The van der Waals surface area contributed by atoms with E-state index < -0.39 is 48.7 Å². The first-order chi connectivity index (χ1) is 15.2. The number of piperazine rings is 1. The minimum atomic E-state index is -1.22. The maximum Gasteiger partial charge on any atom is 0.305 e. The van der Waals surface area contributed by atoms with E-state index in [1.54, 1.807) is 4.90 Å². The monoisotopic (exact) mass is 451 g/mol. The Hall–Kier alpha value is -3.38. The molecular weight excluding hydrogens is 422 g/mol. The maximum absolute atomic E-state index is 13.2. The van der Waals surface area contributed by atoms with Crippen LogP contribution in [0, 0.1) is 5.92 Å². The first-order valence-corrected chi connectivity index (χ1v) is 10.6. The number of nitrogens with two attached hydrogens (primary N) is 2. The lowest BCUT2D eigenvalue weighted by atomic mass is 9.72. The summed E-state index contributed by atoms with van der Waals surface area (Å²) < 4.78 is 0. The van der Waals surface area contributed by atoms with Gasteiger partial charge in [-0.05, 0) is 31.6 Å². The van der Waals surface area contributed by atoms with E-state index in [9.17, 15) is 29.1 Å². The second-order valence-electron chi connectivity index (χ2n) is 8.28. The van der Waals surface area contributed by atoms with E-state index in [1.165, 1.54) is 0 Å². The molecule has 4 aliphatic rings. The zero-order chi connectivity index (χ0) is 23.4. The number of carboxylic acids is 1. The molecule has 13 heteroatoms. The summed E-state index contributed by atoms with van der Waals surface area (Å²) >= 11 is 0. The van der Waals surface area contributed by atoms with Gasteiger partial charge in [-0.25, -0.2) is 4.99 Å². The number of carboxylic acid groups (broad SMARTS) is 1. The number of rotatable bonds is 9. The second kappa shape index (κ2) is 9.83. The van der Waals surface area contributed by atoms with Gasteiger partial charge >= 0.3 is 5.97 Å². The lowest BCUT2D eigenvalue weighted by Crippen LogP contribution is -2.72. The molecule has 176 valence electrons. The van der Waals surface area contributed by atoms with Gasteiger partial charge in [0, 0.05) is 19.1 Å². The van der Waals surface area contributed by atoms with Crippen molar-refractivity contribution in [2.45, 2.75) is 50.2 Å². The molecule has 0 unspecified atom stereocenters. The molecule has 4 fully saturated rings. The maximum atomic E-state index is 13.2. The number of piperidine rings is 2. The number of guanidine groups is 1. The van der Waals surface area contributed by atoms with Crippen molar-refractivity contribution in [1.29, 1.82) is 0 Å². The summed E-state index contributed by atoms with van der Waals surface area (Å²) in [5.74, 6) is -3.14. The minimum Gasteiger partial charge on any atom is -0.481 e. The standard InChI is InChI=1S/C19H29N7O6/c20-19(21)24-8-13(27)22-5-6-23-14(28)9-25-12(7-15(29)30)17(31)26-11-3-1-10(2-4-11)16(26)18(25)32/h10-12,16H,1-9H2,(H,22,27)(H,23,28)(H,29,30)(H4,20,21,24)/t10?,11?,12-,16-/m0/s1. The topological polar surface area (TPSA) is 201 Å². The lowest BCUT2D eigenvalue weighted by Gasteiger charge is -2.56. The average Bonchev–Trinajstić information content (AvgIpc) is 2.75. The van der Waals surface area contributed by atoms with Crippen LogP contribution in [0.25, 0.3) is 0 Å². The summed E-state index contributed by atoms with van der Waals surface area (Å²) in [4.78, 5) is 67.9. The molecule has 3 aliphatic heterocycles. The number of hydrogen-bond donors (Lipinski definition) is 5. The summed E-state index contributed by atoms with van der Waals surface area (Å²) in [5, 5.41) is 14.4. The molecule has 4 amide bonds. The van der Waals surface area contributed by atoms with E-state index in [1.807, 2.05) is 0 Å². The Morgan fingerprint density at radius 2 is 1.62 bits per heavy atom. The fourth-order valence-corrected chi connectivity index (χ4v) is 4.80. The Bertz CT molecular complexity index is 819. The third kappa shape index (κ3) is 5.08. The van der Waals surface area contributed by atoms with Crippen LogP contribution in [0.2, 0.25) is 0 Å². The summed E-state index contributed by atoms with van der Waals surface area (Å²) in [5.41, 5.74) is 10.3. The van der Waals surface area contributed by atoms with Crippen LogP contribution >= 0.6 is 0 Å². The largest absolute Gasteiger partial charge is 0.481 e. The van der Waals surface area contributed by atoms with Gasteiger partial charge in [0.05, 0.1) is 6.42 Å². The predicted octanol–water partition coefficient (Wildman–Crippen LogP) is -3.05. The summed E-state index contributed by atoms with van der Waals surface area (Å²) in [6.07, 6.45) is 2.76. The van der Waals surface area contributed by atoms with E-state index in [4.69, 9.17) is 11.5 Å². The third-order valence-corrected chi connectivity index (χ3v) is 6.19. The molecule has 2 atom stereocenters. The van der Waals surface area contributed by atoms with Crippen LogP contribution in [-0.4, -0.2) is 94.8 Å². The number of aliphatic carboxylic acids is 1. The van der Waals surface area contributed by atoms with Gasteiger partial charge in [0.2, 0.25) is 23.6 Å². The third-order valence-electron chi connectivity index (χ3n) is 6.19. The molecular formula is C19H29N7O6. The number of nitrogens with one attached hydrogen (secondary N) is 2. The van der Waals surface area contributed by atoms with Crippen molar-refractivity contribution in [2.24, 2.45) is 22.4 Å². The Morgan fingerprint density at radius 3 is 2.22 bits per heavy atom. The van der Waals surface area contributed by atoms with E-state index in [2.05, 4.69) is 15.6 Å². The SMILES string of the molecule is NC(N)=NCC(=O)NCCNC(=O)CN1C(=O)[C@@H]2C3CCC(CC3)N2C(=O)[C@@H]1CC(=O)O. The predicted molar refractivity (Wildman–Crippen MR) is 111 cm³/mol. The lowest BCUT2D eigenvalue weighted by molar-refractivity contribution is -0.177. The Balaban J connectivity index is 1.59. The molecule has 1 saturated carbocycles. The number of carbonyl (C=O) groups is 5. The van der Waals surface area contributed by atoms with E-state index in [0.717, 1.165) is 30.6 Å². The van der Waals surface area contributed by atoms with Crippen LogP contribution in [0.4, 0.5) is 0 Å². The van der Waals surface area contributed by atoms with Crippen LogP contribution in [-0.2, 0) is 24.0 Å². The summed E-state index contributed by atoms with van der Waals surface area (Å²) in [6, 6.07) is -1.88. The van der Waals surface area contributed by atoms with Gasteiger partial charge in [-0.3, -0.25) is 24.0 Å². The molecule has 0 spiro atoms. The molecule has 2 bridgehead atoms. The van der Waals surface area contributed by atoms with Crippen molar-refractivity contribution in [2.75, 3.05) is 26.2 Å². The molecule has 0 aromatic carbocycles. The van der Waals surface area contributed by atoms with E-state index >= 15 is 0 Å². The number of fused-ring (bicyclic) bond motifs is 2. The summed E-state index contributed by atoms with van der Waals surface area (Å²) in [6.45, 7) is -0.480. The highest BCUT2D eigenvalue weighted by Gasteiger charge is 2.55. The normalized spacial score (nSPS) is 26.4. The van der Waals surface area contributed by atoms with Crippen molar-refractivity contribution in [3.8, 4) is 0 Å². The molecule has 0 aromatic rings. The quantitative estimate of drug-likeness (QED) is 0.138. The molecule has 13 nitrogen and oxygen atoms in total. The molecule has 32 heavy (non-hydrogen) atoms. The first kappa shape index (κ1) is 23.3. The van der Waals surface area contributed by atoms with Crippen LogP contribution in [0.5, 0.6) is 0 Å². The van der Waals surface area contributed by atoms with Gasteiger partial charge in [0.1, 0.15) is 25.2 Å². The minimum absolute atomic E-state index is 0.0354. The smallest absolute Gasteiger partial charge is 0.305 e. The highest BCUT2D eigenvalue weighted by molar-refractivity contribution is 6.01. The van der Waals surface area contributed by atoms with Gasteiger partial charge in [-0.15, -0.1) is 0 Å². The number of nitrogens with zero attached hydrogens (tertiary/aromatic N) is 3. The van der Waals surface area contributed by atoms with Gasteiger partial charge in [-0.2, -0.15) is 0 Å². The second-order valence-corrected chi connectivity index (χ2v) is 8.28. The number of hydrogen-bond acceptors (Lipinski definition) is 6. The van der Waals surface area contributed by atoms with Crippen LogP contribution < -0.4 is 22.1 Å². The zero-order valence-electron chi connectivity index (χ0n) is 17.7. The van der Waals surface area contributed by atoms with Crippen LogP contribution in [0.15, 0.2) is 4.99 Å².